The van der Waals surface area contributed by atoms with Gasteiger partial charge in [-0.2, -0.15) is 0 Å². The first-order valence-corrected chi connectivity index (χ1v) is 9.11. The second kappa shape index (κ2) is 5.46. The lowest BCUT2D eigenvalue weighted by Gasteiger charge is -2.05. The molecule has 6 heteroatoms. The van der Waals surface area contributed by atoms with E-state index in [1.54, 1.807) is 35.6 Å². The Hall–Kier alpha value is -1.92. The van der Waals surface area contributed by atoms with E-state index >= 15 is 0 Å². The molecule has 0 aliphatic rings. The van der Waals surface area contributed by atoms with Crippen LogP contribution in [-0.2, 0) is 16.4 Å². The van der Waals surface area contributed by atoms with Crippen LogP contribution in [0, 0.1) is 0 Å². The van der Waals surface area contributed by atoms with Crippen molar-refractivity contribution in [3.05, 3.63) is 53.5 Å². The van der Waals surface area contributed by atoms with Crippen LogP contribution in [0.3, 0.4) is 0 Å². The van der Waals surface area contributed by atoms with Crippen molar-refractivity contribution in [1.82, 2.24) is 4.98 Å². The minimum absolute atomic E-state index is 0.327. The standard InChI is InChI=1S/C15H14N2O2S2/c1-21(18,19)12-8-6-11(7-9-12)16-10-15-17-13-4-2-3-5-14(13)20-15/h2-9,16H,10H2,1H3. The van der Waals surface area contributed by atoms with Crippen molar-refractivity contribution in [3.8, 4) is 0 Å². The van der Waals surface area contributed by atoms with Gasteiger partial charge in [0.15, 0.2) is 9.84 Å². The van der Waals surface area contributed by atoms with Crippen molar-refractivity contribution in [2.24, 2.45) is 0 Å². The number of sulfone groups is 1. The Morgan fingerprint density at radius 1 is 1.10 bits per heavy atom. The highest BCUT2D eigenvalue weighted by Gasteiger charge is 2.06. The third-order valence-corrected chi connectivity index (χ3v) is 5.23. The molecular formula is C15H14N2O2S2. The Morgan fingerprint density at radius 2 is 1.81 bits per heavy atom. The molecule has 0 amide bonds. The number of thiazole rings is 1. The fourth-order valence-electron chi connectivity index (χ4n) is 1.99. The van der Waals surface area contributed by atoms with Gasteiger partial charge in [0.25, 0.3) is 0 Å². The Kier molecular flexibility index (Phi) is 3.65. The summed E-state index contributed by atoms with van der Waals surface area (Å²) in [4.78, 5) is 4.87. The number of benzene rings is 2. The van der Waals surface area contributed by atoms with E-state index in [1.165, 1.54) is 11.0 Å². The number of hydrogen-bond donors (Lipinski definition) is 1. The molecule has 0 saturated heterocycles. The van der Waals surface area contributed by atoms with E-state index in [2.05, 4.69) is 16.4 Å². The summed E-state index contributed by atoms with van der Waals surface area (Å²) in [7, 11) is -3.14. The number of fused-ring (bicyclic) bond motifs is 1. The van der Waals surface area contributed by atoms with Gasteiger partial charge in [-0.1, -0.05) is 12.1 Å². The van der Waals surface area contributed by atoms with E-state index in [-0.39, 0.29) is 0 Å². The number of para-hydroxylation sites is 1. The van der Waals surface area contributed by atoms with Gasteiger partial charge in [-0.15, -0.1) is 11.3 Å². The zero-order valence-electron chi connectivity index (χ0n) is 11.4. The Balaban J connectivity index is 1.72. The highest BCUT2D eigenvalue weighted by molar-refractivity contribution is 7.90. The molecule has 0 spiro atoms. The number of nitrogens with zero attached hydrogens (tertiary/aromatic N) is 1. The largest absolute Gasteiger partial charge is 0.379 e. The van der Waals surface area contributed by atoms with E-state index < -0.39 is 9.84 Å². The zero-order chi connectivity index (χ0) is 14.9. The van der Waals surface area contributed by atoms with Gasteiger partial charge < -0.3 is 5.32 Å². The summed E-state index contributed by atoms with van der Waals surface area (Å²) in [6.07, 6.45) is 1.20. The maximum Gasteiger partial charge on any atom is 0.175 e. The van der Waals surface area contributed by atoms with Crippen molar-refractivity contribution in [2.45, 2.75) is 11.4 Å². The Labute approximate surface area is 127 Å². The average molecular weight is 318 g/mol. The maximum atomic E-state index is 11.4. The third-order valence-electron chi connectivity index (χ3n) is 3.06. The Morgan fingerprint density at radius 3 is 2.48 bits per heavy atom. The minimum Gasteiger partial charge on any atom is -0.379 e. The smallest absolute Gasteiger partial charge is 0.175 e. The monoisotopic (exact) mass is 318 g/mol. The van der Waals surface area contributed by atoms with Crippen LogP contribution < -0.4 is 5.32 Å². The van der Waals surface area contributed by atoms with E-state index in [0.717, 1.165) is 16.2 Å². The van der Waals surface area contributed by atoms with Gasteiger partial charge in [0.1, 0.15) is 5.01 Å². The first kappa shape index (κ1) is 14.0. The van der Waals surface area contributed by atoms with Gasteiger partial charge in [0.05, 0.1) is 21.7 Å². The predicted octanol–water partition coefficient (Wildman–Crippen LogP) is 3.31. The Bertz CT molecular complexity index is 835. The van der Waals surface area contributed by atoms with Crippen molar-refractivity contribution in [2.75, 3.05) is 11.6 Å². The van der Waals surface area contributed by atoms with Crippen molar-refractivity contribution >= 4 is 37.1 Å². The van der Waals surface area contributed by atoms with Crippen molar-refractivity contribution in [3.63, 3.8) is 0 Å². The molecule has 4 nitrogen and oxygen atoms in total. The molecule has 0 atom stereocenters. The quantitative estimate of drug-likeness (QED) is 0.802. The van der Waals surface area contributed by atoms with Crippen LogP contribution in [-0.4, -0.2) is 19.7 Å². The molecule has 0 bridgehead atoms. The molecule has 3 rings (SSSR count). The van der Waals surface area contributed by atoms with Crippen molar-refractivity contribution in [1.29, 1.82) is 0 Å². The van der Waals surface area contributed by atoms with Crippen LogP contribution in [0.4, 0.5) is 5.69 Å². The molecule has 1 aromatic heterocycles. The molecule has 1 heterocycles. The summed E-state index contributed by atoms with van der Waals surface area (Å²) in [6.45, 7) is 0.623. The normalized spacial score (nSPS) is 11.7. The van der Waals surface area contributed by atoms with Crippen molar-refractivity contribution < 1.29 is 8.42 Å². The molecule has 2 aromatic carbocycles. The molecule has 108 valence electrons. The van der Waals surface area contributed by atoms with Crippen LogP contribution in [0.1, 0.15) is 5.01 Å². The SMILES string of the molecule is CS(=O)(=O)c1ccc(NCc2nc3ccccc3s2)cc1. The summed E-state index contributed by atoms with van der Waals surface area (Å²) in [5.74, 6) is 0. The summed E-state index contributed by atoms with van der Waals surface area (Å²) in [6, 6.07) is 14.8. The molecule has 0 fully saturated rings. The topological polar surface area (TPSA) is 59.1 Å². The third kappa shape index (κ3) is 3.22. The number of hydrogen-bond acceptors (Lipinski definition) is 5. The van der Waals surface area contributed by atoms with E-state index in [9.17, 15) is 8.42 Å². The molecule has 1 N–H and O–H groups in total. The molecule has 0 unspecified atom stereocenters. The van der Waals surface area contributed by atoms with Crippen LogP contribution in [0.15, 0.2) is 53.4 Å². The lowest BCUT2D eigenvalue weighted by Crippen LogP contribution is -2.00. The number of rotatable bonds is 4. The summed E-state index contributed by atoms with van der Waals surface area (Å²) < 4.78 is 24.0. The lowest BCUT2D eigenvalue weighted by atomic mass is 10.3. The average Bonchev–Trinajstić information content (AvgIpc) is 2.87. The fourth-order valence-corrected chi connectivity index (χ4v) is 3.53. The molecule has 0 radical (unpaired) electrons. The zero-order valence-corrected chi connectivity index (χ0v) is 13.0. The second-order valence-corrected chi connectivity index (χ2v) is 7.86. The molecule has 3 aromatic rings. The van der Waals surface area contributed by atoms with E-state index in [4.69, 9.17) is 0 Å². The van der Waals surface area contributed by atoms with Gasteiger partial charge in [-0.3, -0.25) is 0 Å². The minimum atomic E-state index is -3.14. The summed E-state index contributed by atoms with van der Waals surface area (Å²) in [5, 5.41) is 4.26. The molecule has 0 aliphatic carbocycles. The number of aromatic nitrogens is 1. The van der Waals surface area contributed by atoms with Gasteiger partial charge in [-0.25, -0.2) is 13.4 Å². The summed E-state index contributed by atoms with van der Waals surface area (Å²) in [5.41, 5.74) is 1.88. The predicted molar refractivity (Wildman–Crippen MR) is 86.5 cm³/mol. The number of nitrogens with one attached hydrogen (secondary N) is 1. The first-order valence-electron chi connectivity index (χ1n) is 6.41. The van der Waals surface area contributed by atoms with Gasteiger partial charge >= 0.3 is 0 Å². The second-order valence-electron chi connectivity index (χ2n) is 4.73. The van der Waals surface area contributed by atoms with Crippen LogP contribution >= 0.6 is 11.3 Å². The highest BCUT2D eigenvalue weighted by atomic mass is 32.2. The molecule has 0 saturated carbocycles. The van der Waals surface area contributed by atoms with Gasteiger partial charge in [0.2, 0.25) is 0 Å². The first-order chi connectivity index (χ1) is 10.0. The number of anilines is 1. The lowest BCUT2D eigenvalue weighted by molar-refractivity contribution is 0.602. The maximum absolute atomic E-state index is 11.4. The molecule has 21 heavy (non-hydrogen) atoms. The van der Waals surface area contributed by atoms with E-state index in [1.807, 2.05) is 18.2 Å². The van der Waals surface area contributed by atoms with Crippen LogP contribution in [0.2, 0.25) is 0 Å². The van der Waals surface area contributed by atoms with Gasteiger partial charge in [-0.05, 0) is 36.4 Å². The summed E-state index contributed by atoms with van der Waals surface area (Å²) >= 11 is 1.65. The van der Waals surface area contributed by atoms with E-state index in [0.29, 0.717) is 11.4 Å². The van der Waals surface area contributed by atoms with Gasteiger partial charge in [0, 0.05) is 11.9 Å². The van der Waals surface area contributed by atoms with Crippen LogP contribution in [0.25, 0.3) is 10.2 Å². The molecule has 0 aliphatic heterocycles. The highest BCUT2D eigenvalue weighted by Crippen LogP contribution is 2.22. The molecular weight excluding hydrogens is 304 g/mol. The van der Waals surface area contributed by atoms with Crippen LogP contribution in [0.5, 0.6) is 0 Å². The fraction of sp³-hybridized carbons (Fsp3) is 0.133.